The monoisotopic (exact) mass is 1100 g/mol. The number of likely N-dealkylation sites (N-methyl/N-ethyl adjacent to an activating group) is 1. The highest BCUT2D eigenvalue weighted by molar-refractivity contribution is 5.71. The maximum Gasteiger partial charge on any atom is 0.311 e. The van der Waals surface area contributed by atoms with Gasteiger partial charge in [0.2, 0.25) is 5.79 Å². The molecule has 0 aromatic rings. The van der Waals surface area contributed by atoms with Crippen molar-refractivity contribution in [3.05, 3.63) is 85.1 Å². The van der Waals surface area contributed by atoms with Crippen LogP contribution in [0.1, 0.15) is 79.1 Å². The predicted molar refractivity (Wildman–Crippen MR) is 274 cm³/mol. The van der Waals surface area contributed by atoms with Gasteiger partial charge in [-0.15, -0.1) is 0 Å². The van der Waals surface area contributed by atoms with Gasteiger partial charge in [-0.1, -0.05) is 98.9 Å². The average molecular weight is 1100 g/mol. The van der Waals surface area contributed by atoms with Gasteiger partial charge >= 0.3 is 11.9 Å². The average Bonchev–Trinajstić information content (AvgIpc) is 3.33. The van der Waals surface area contributed by atoms with Gasteiger partial charge in [-0.2, -0.15) is 0 Å². The molecular weight excluding hydrogens is 1010 g/mol. The number of hydrogen-bond acceptors (Lipinski definition) is 22. The molecule has 4 rings (SSSR count). The van der Waals surface area contributed by atoms with Crippen LogP contribution in [0.4, 0.5) is 0 Å². The number of cyclic esters (lactones) is 1. The lowest BCUT2D eigenvalue weighted by Crippen LogP contribution is -2.69. The Bertz CT molecular complexity index is 2030. The van der Waals surface area contributed by atoms with Crippen LogP contribution >= 0.6 is 0 Å². The molecule has 0 unspecified atom stereocenters. The molecule has 15 N–H and O–H groups in total. The van der Waals surface area contributed by atoms with Crippen LogP contribution in [0.5, 0.6) is 0 Å². The first-order valence-electron chi connectivity index (χ1n) is 26.2. The van der Waals surface area contributed by atoms with Gasteiger partial charge in [0.1, 0.15) is 36.4 Å². The van der Waals surface area contributed by atoms with Gasteiger partial charge in [-0.25, -0.2) is 0 Å². The van der Waals surface area contributed by atoms with E-state index in [4.69, 9.17) is 23.7 Å². The van der Waals surface area contributed by atoms with Crippen molar-refractivity contribution in [2.75, 3.05) is 20.2 Å². The summed E-state index contributed by atoms with van der Waals surface area (Å²) in [5.74, 6) is -9.64. The van der Waals surface area contributed by atoms with Gasteiger partial charge in [0.25, 0.3) is 0 Å². The van der Waals surface area contributed by atoms with Crippen LogP contribution in [0.25, 0.3) is 0 Å². The van der Waals surface area contributed by atoms with E-state index in [9.17, 15) is 86.2 Å². The van der Waals surface area contributed by atoms with Crippen LogP contribution in [-0.4, -0.2) is 235 Å². The number of carboxylic acids is 1. The lowest BCUT2D eigenvalue weighted by Gasteiger charge is -2.49. The summed E-state index contributed by atoms with van der Waals surface area (Å²) in [7, 11) is 1.37. The summed E-state index contributed by atoms with van der Waals surface area (Å²) in [4.78, 5) is 26.7. The van der Waals surface area contributed by atoms with E-state index >= 15 is 0 Å². The zero-order valence-electron chi connectivity index (χ0n) is 44.3. The Morgan fingerprint density at radius 3 is 1.83 bits per heavy atom. The molecule has 438 valence electrons. The molecule has 23 heteroatoms. The molecule has 0 aliphatic carbocycles. The van der Waals surface area contributed by atoms with Crippen molar-refractivity contribution in [3.63, 3.8) is 0 Å². The summed E-state index contributed by atoms with van der Waals surface area (Å²) in [6, 6.07) is -1.31. The molecule has 4 aliphatic heterocycles. The van der Waals surface area contributed by atoms with Crippen LogP contribution < -0.4 is 0 Å². The van der Waals surface area contributed by atoms with E-state index in [0.717, 1.165) is 0 Å². The minimum Gasteiger partial charge on any atom is -0.481 e. The second kappa shape index (κ2) is 30.8. The minimum atomic E-state index is -2.46. The normalized spacial score (nSPS) is 46.4. The molecule has 4 aliphatic rings. The van der Waals surface area contributed by atoms with Crippen molar-refractivity contribution in [1.82, 2.24) is 4.90 Å². The number of aliphatic hydroxyl groups excluding tert-OH is 12. The number of carboxylic acid groups (broad SMARTS) is 1. The molecule has 4 heterocycles. The largest absolute Gasteiger partial charge is 0.481 e. The summed E-state index contributed by atoms with van der Waals surface area (Å²) in [5.41, 5.74) is 0. The van der Waals surface area contributed by atoms with Crippen molar-refractivity contribution >= 4 is 11.9 Å². The summed E-state index contributed by atoms with van der Waals surface area (Å²) >= 11 is 0. The molecule has 0 radical (unpaired) electrons. The number of esters is 1. The Hall–Kier alpha value is -3.64. The van der Waals surface area contributed by atoms with Crippen molar-refractivity contribution in [2.24, 2.45) is 17.8 Å². The Morgan fingerprint density at radius 1 is 0.649 bits per heavy atom. The molecular formula is C54H85NO22. The SMILES string of the molecule is C[C@@H]1[C@H](O)[C@@H](C)/C=C/C=C/C=C/C=C/C=C/C=C/C=C/[C@H](O[C@@H]2O[C@@H](C)[C@@H](O)[C@H](N(C)C[C@@]3(O)OC[C@@H](O)[C@@H](O)[C@@H]3O)[C@@H]2O)C[C@@H]2O[C@](O)(C[C@@H](O)C[C@@H](O)[C@H](O)CC[C@@H](O)C[C@@H](O)CC(=O)O[C@H]1C)C[C@H](O)[C@H]2C(=O)O. The number of allylic oxidation sites excluding steroid dienone is 12. The van der Waals surface area contributed by atoms with E-state index in [1.165, 1.54) is 31.0 Å². The highest BCUT2D eigenvalue weighted by Gasteiger charge is 2.54. The van der Waals surface area contributed by atoms with Crippen molar-refractivity contribution in [3.8, 4) is 0 Å². The van der Waals surface area contributed by atoms with E-state index in [1.807, 2.05) is 6.92 Å². The van der Waals surface area contributed by atoms with E-state index in [0.29, 0.717) is 0 Å². The van der Waals surface area contributed by atoms with Crippen LogP contribution in [-0.2, 0) is 33.3 Å². The van der Waals surface area contributed by atoms with Crippen LogP contribution in [0.2, 0.25) is 0 Å². The Kier molecular flexibility index (Phi) is 26.4. The molecule has 2 bridgehead atoms. The Labute approximate surface area is 449 Å². The quantitative estimate of drug-likeness (QED) is 0.134. The lowest BCUT2D eigenvalue weighted by molar-refractivity contribution is -0.335. The summed E-state index contributed by atoms with van der Waals surface area (Å²) in [6.45, 7) is 5.48. The number of hydrogen-bond donors (Lipinski definition) is 15. The molecule has 23 atom stereocenters. The van der Waals surface area contributed by atoms with E-state index < -0.39 is 191 Å². The highest BCUT2D eigenvalue weighted by Crippen LogP contribution is 2.39. The molecule has 0 saturated carbocycles. The highest BCUT2D eigenvalue weighted by atomic mass is 16.7. The third-order valence-electron chi connectivity index (χ3n) is 14.6. The van der Waals surface area contributed by atoms with E-state index in [2.05, 4.69) is 0 Å². The zero-order valence-corrected chi connectivity index (χ0v) is 44.3. The molecule has 0 amide bonds. The second-order valence-electron chi connectivity index (χ2n) is 21.1. The number of aliphatic hydroxyl groups is 14. The Balaban J connectivity index is 1.61. The van der Waals surface area contributed by atoms with Crippen LogP contribution in [0.15, 0.2) is 85.1 Å². The fraction of sp³-hybridized carbons (Fsp3) is 0.704. The van der Waals surface area contributed by atoms with Crippen LogP contribution in [0.3, 0.4) is 0 Å². The van der Waals surface area contributed by atoms with Crippen LogP contribution in [0, 0.1) is 17.8 Å². The predicted octanol–water partition coefficient (Wildman–Crippen LogP) is -1.51. The van der Waals surface area contributed by atoms with Gasteiger partial charge in [0.05, 0.1) is 92.8 Å². The minimum absolute atomic E-state index is 0.144. The van der Waals surface area contributed by atoms with Gasteiger partial charge in [0, 0.05) is 37.5 Å². The number of nitrogens with zero attached hydrogens (tertiary/aromatic N) is 1. The number of carbonyl (C=O) groups excluding carboxylic acids is 1. The topological polar surface area (TPSA) is 387 Å². The second-order valence-corrected chi connectivity index (χ2v) is 21.1. The summed E-state index contributed by atoms with van der Waals surface area (Å²) in [5, 5.41) is 163. The molecule has 3 saturated heterocycles. The van der Waals surface area contributed by atoms with Crippen molar-refractivity contribution < 1.29 is 110 Å². The van der Waals surface area contributed by atoms with Crippen molar-refractivity contribution in [1.29, 1.82) is 0 Å². The number of rotatable bonds is 6. The zero-order chi connectivity index (χ0) is 57.4. The van der Waals surface area contributed by atoms with Gasteiger partial charge in [-0.05, 0) is 40.2 Å². The first-order chi connectivity index (χ1) is 36.2. The molecule has 0 aromatic heterocycles. The summed E-state index contributed by atoms with van der Waals surface area (Å²) in [6.07, 6.45) is -4.38. The Morgan fingerprint density at radius 2 is 1.23 bits per heavy atom. The number of fused-ring (bicyclic) bond motifs is 2. The van der Waals surface area contributed by atoms with Crippen molar-refractivity contribution in [2.45, 2.75) is 201 Å². The molecule has 77 heavy (non-hydrogen) atoms. The molecule has 23 nitrogen and oxygen atoms in total. The smallest absolute Gasteiger partial charge is 0.311 e. The molecule has 0 spiro atoms. The maximum atomic E-state index is 12.7. The standard InChI is InChI=1S/C54H85NO22/c1-30-18-16-14-12-10-8-6-7-9-11-13-15-17-19-37(76-52-49(67)45(47(65)33(4)75-52)55(5)29-54(72)50(68)48(66)41(62)28-73-54)25-42-44(51(69)70)40(61)27-53(71,77-42)26-36(58)23-39(60)38(59)21-20-34(56)22-35(57)24-43(63)74-32(3)31(2)46(30)64/h6-19,30-42,44-50,52,56-62,64-68,71-72H,20-29H2,1-5H3,(H,69,70)/b7-6+,10-8+,11-9+,14-12+,15-13+,18-16+,19-17+/t30-,31-,32-,33-,34+,35+,36-,37-,38+,39+,40-,41+,42-,44+,45-,46+,47+,48+,49-,50-,52-,53+,54+/m0/s1. The van der Waals surface area contributed by atoms with E-state index in [1.54, 1.807) is 86.8 Å². The van der Waals surface area contributed by atoms with E-state index in [-0.39, 0.29) is 25.2 Å². The third-order valence-corrected chi connectivity index (χ3v) is 14.6. The van der Waals surface area contributed by atoms with Gasteiger partial charge < -0.3 is 100 Å². The third kappa shape index (κ3) is 19.8. The fourth-order valence-electron chi connectivity index (χ4n) is 9.93. The summed E-state index contributed by atoms with van der Waals surface area (Å²) < 4.78 is 29.0. The number of ether oxygens (including phenoxy) is 5. The van der Waals surface area contributed by atoms with Gasteiger partial charge in [0.15, 0.2) is 12.1 Å². The number of carbonyl (C=O) groups is 2. The maximum absolute atomic E-state index is 12.7. The first-order valence-corrected chi connectivity index (χ1v) is 26.2. The lowest BCUT2D eigenvalue weighted by atomic mass is 9.82. The molecule has 3 fully saturated rings. The first kappa shape index (κ1) is 65.9. The number of aliphatic carboxylic acids is 1. The van der Waals surface area contributed by atoms with Gasteiger partial charge in [-0.3, -0.25) is 14.5 Å². The fourth-order valence-corrected chi connectivity index (χ4v) is 9.93. The molecule has 0 aromatic carbocycles.